The Morgan fingerprint density at radius 2 is 2.35 bits per heavy atom. The zero-order valence-electron chi connectivity index (χ0n) is 9.72. The number of nitrogens with one attached hydrogen (secondary N) is 1. The smallest absolute Gasteiger partial charge is 0.254 e. The third-order valence-corrected chi connectivity index (χ3v) is 2.40. The fourth-order valence-corrected chi connectivity index (χ4v) is 1.60. The minimum atomic E-state index is 0.601. The summed E-state index contributed by atoms with van der Waals surface area (Å²) in [6.07, 6.45) is 3.97. The van der Waals surface area contributed by atoms with Crippen molar-refractivity contribution in [3.63, 3.8) is 0 Å². The quantitative estimate of drug-likeness (QED) is 0.788. The van der Waals surface area contributed by atoms with Gasteiger partial charge in [0, 0.05) is 24.7 Å². The first-order chi connectivity index (χ1) is 8.31. The highest BCUT2D eigenvalue weighted by Gasteiger charge is 2.04. The zero-order chi connectivity index (χ0) is 12.1. The normalized spacial score (nSPS) is 10.4. The Morgan fingerprint density at radius 3 is 3.18 bits per heavy atom. The van der Waals surface area contributed by atoms with Crippen LogP contribution in [0.25, 0.3) is 5.78 Å². The molecule has 2 aromatic heterocycles. The first kappa shape index (κ1) is 11.3. The van der Waals surface area contributed by atoms with Crippen molar-refractivity contribution < 1.29 is 0 Å². The molecule has 6 heteroatoms. The summed E-state index contributed by atoms with van der Waals surface area (Å²) >= 11 is 0. The molecule has 0 aliphatic carbocycles. The Labute approximate surface area is 99.3 Å². The van der Waals surface area contributed by atoms with E-state index in [2.05, 4.69) is 26.5 Å². The topological polar surface area (TPSA) is 78.9 Å². The molecule has 2 rings (SSSR count). The molecule has 0 atom stereocenters. The number of hydrogen-bond acceptors (Lipinski definition) is 5. The van der Waals surface area contributed by atoms with Crippen molar-refractivity contribution >= 4 is 11.6 Å². The van der Waals surface area contributed by atoms with Crippen molar-refractivity contribution in [3.05, 3.63) is 18.1 Å². The van der Waals surface area contributed by atoms with Crippen molar-refractivity contribution in [3.8, 4) is 6.07 Å². The maximum atomic E-state index is 8.43. The van der Waals surface area contributed by atoms with Crippen LogP contribution in [0.2, 0.25) is 0 Å². The molecule has 17 heavy (non-hydrogen) atoms. The van der Waals surface area contributed by atoms with Crippen LogP contribution in [0, 0.1) is 18.3 Å². The van der Waals surface area contributed by atoms with Crippen molar-refractivity contribution in [1.82, 2.24) is 19.6 Å². The van der Waals surface area contributed by atoms with Gasteiger partial charge < -0.3 is 5.32 Å². The second-order valence-electron chi connectivity index (χ2n) is 3.80. The van der Waals surface area contributed by atoms with E-state index in [-0.39, 0.29) is 0 Å². The highest BCUT2D eigenvalue weighted by molar-refractivity contribution is 5.44. The van der Waals surface area contributed by atoms with Crippen molar-refractivity contribution in [2.45, 2.75) is 26.2 Å². The third kappa shape index (κ3) is 2.69. The Hall–Kier alpha value is -2.16. The monoisotopic (exact) mass is 230 g/mol. The maximum absolute atomic E-state index is 8.43. The predicted molar refractivity (Wildman–Crippen MR) is 63.5 cm³/mol. The van der Waals surface area contributed by atoms with E-state index in [0.29, 0.717) is 12.2 Å². The highest BCUT2D eigenvalue weighted by Crippen LogP contribution is 2.10. The van der Waals surface area contributed by atoms with Crippen molar-refractivity contribution in [1.29, 1.82) is 5.26 Å². The van der Waals surface area contributed by atoms with Crippen LogP contribution >= 0.6 is 0 Å². The molecular formula is C11H14N6. The molecule has 6 nitrogen and oxygen atoms in total. The van der Waals surface area contributed by atoms with Crippen LogP contribution in [0.15, 0.2) is 12.4 Å². The van der Waals surface area contributed by atoms with Gasteiger partial charge in [0.1, 0.15) is 12.1 Å². The summed E-state index contributed by atoms with van der Waals surface area (Å²) in [7, 11) is 0. The van der Waals surface area contributed by atoms with Gasteiger partial charge in [-0.3, -0.25) is 0 Å². The van der Waals surface area contributed by atoms with E-state index in [1.807, 2.05) is 13.0 Å². The second kappa shape index (κ2) is 5.25. The minimum absolute atomic E-state index is 0.601. The number of nitrogens with zero attached hydrogens (tertiary/aromatic N) is 5. The summed E-state index contributed by atoms with van der Waals surface area (Å²) in [5.41, 5.74) is 0.907. The summed E-state index contributed by atoms with van der Waals surface area (Å²) < 4.78 is 1.68. The first-order valence-electron chi connectivity index (χ1n) is 5.59. The molecule has 0 bridgehead atoms. The Morgan fingerprint density at radius 1 is 1.47 bits per heavy atom. The van der Waals surface area contributed by atoms with Gasteiger partial charge in [-0.15, -0.1) is 0 Å². The van der Waals surface area contributed by atoms with Crippen LogP contribution in [-0.2, 0) is 0 Å². The van der Waals surface area contributed by atoms with Gasteiger partial charge in [-0.2, -0.15) is 19.9 Å². The third-order valence-electron chi connectivity index (χ3n) is 2.40. The van der Waals surface area contributed by atoms with Gasteiger partial charge in [0.05, 0.1) is 6.07 Å². The van der Waals surface area contributed by atoms with E-state index in [4.69, 9.17) is 5.26 Å². The lowest BCUT2D eigenvalue weighted by molar-refractivity contribution is 0.776. The summed E-state index contributed by atoms with van der Waals surface area (Å²) in [4.78, 5) is 8.32. The number of hydrogen-bond donors (Lipinski definition) is 1. The minimum Gasteiger partial charge on any atom is -0.370 e. The van der Waals surface area contributed by atoms with Crippen LogP contribution in [0.4, 0.5) is 5.82 Å². The van der Waals surface area contributed by atoms with Gasteiger partial charge in [0.2, 0.25) is 0 Å². The van der Waals surface area contributed by atoms with Gasteiger partial charge in [0.15, 0.2) is 0 Å². The molecule has 0 aliphatic heterocycles. The lowest BCUT2D eigenvalue weighted by Gasteiger charge is -2.07. The first-order valence-corrected chi connectivity index (χ1v) is 5.59. The fraction of sp³-hybridized carbons (Fsp3) is 0.455. The van der Waals surface area contributed by atoms with Crippen LogP contribution in [0.1, 0.15) is 25.0 Å². The Kier molecular flexibility index (Phi) is 3.50. The molecule has 0 saturated carbocycles. The molecule has 2 aromatic rings. The van der Waals surface area contributed by atoms with Gasteiger partial charge in [0.25, 0.3) is 5.78 Å². The van der Waals surface area contributed by atoms with E-state index < -0.39 is 0 Å². The summed E-state index contributed by atoms with van der Waals surface area (Å²) in [6.45, 7) is 2.75. The standard InChI is InChI=1S/C11H14N6/c1-9-7-10(13-6-4-2-3-5-12)17-11(16-9)14-8-15-17/h7-8,13H,2-4,6H2,1H3. The molecule has 2 heterocycles. The summed E-state index contributed by atoms with van der Waals surface area (Å²) in [5.74, 6) is 1.49. The van der Waals surface area contributed by atoms with Gasteiger partial charge in [-0.05, 0) is 19.8 Å². The molecule has 0 aliphatic rings. The van der Waals surface area contributed by atoms with E-state index >= 15 is 0 Å². The number of anilines is 1. The van der Waals surface area contributed by atoms with Gasteiger partial charge in [-0.1, -0.05) is 0 Å². The number of aromatic nitrogens is 4. The number of aryl methyl sites for hydroxylation is 1. The fourth-order valence-electron chi connectivity index (χ4n) is 1.60. The molecule has 0 spiro atoms. The molecule has 88 valence electrons. The average molecular weight is 230 g/mol. The summed E-state index contributed by atoms with van der Waals surface area (Å²) in [5, 5.41) is 15.8. The predicted octanol–water partition coefficient (Wildman–Crippen LogP) is 1.54. The molecule has 0 radical (unpaired) electrons. The Bertz CT molecular complexity index is 538. The maximum Gasteiger partial charge on any atom is 0.254 e. The van der Waals surface area contributed by atoms with E-state index in [9.17, 15) is 0 Å². The summed E-state index contributed by atoms with van der Waals surface area (Å²) in [6, 6.07) is 4.07. The number of unbranched alkanes of at least 4 members (excludes halogenated alkanes) is 2. The molecule has 0 amide bonds. The van der Waals surface area contributed by atoms with Crippen LogP contribution < -0.4 is 5.32 Å². The van der Waals surface area contributed by atoms with Gasteiger partial charge >= 0.3 is 0 Å². The largest absolute Gasteiger partial charge is 0.370 e. The van der Waals surface area contributed by atoms with Crippen LogP contribution in [-0.4, -0.2) is 26.1 Å². The molecule has 0 aromatic carbocycles. The Balaban J connectivity index is 2.03. The molecule has 1 N–H and O–H groups in total. The lowest BCUT2D eigenvalue weighted by Crippen LogP contribution is -2.08. The second-order valence-corrected chi connectivity index (χ2v) is 3.80. The molecule has 0 fully saturated rings. The highest BCUT2D eigenvalue weighted by atomic mass is 15.3. The van der Waals surface area contributed by atoms with Crippen LogP contribution in [0.5, 0.6) is 0 Å². The molecule has 0 unspecified atom stereocenters. The van der Waals surface area contributed by atoms with E-state index in [1.165, 1.54) is 6.33 Å². The average Bonchev–Trinajstić information content (AvgIpc) is 2.76. The zero-order valence-corrected chi connectivity index (χ0v) is 9.72. The van der Waals surface area contributed by atoms with Crippen molar-refractivity contribution in [2.24, 2.45) is 0 Å². The number of nitriles is 1. The molecule has 0 saturated heterocycles. The van der Waals surface area contributed by atoms with Crippen molar-refractivity contribution in [2.75, 3.05) is 11.9 Å². The SMILES string of the molecule is Cc1cc(NCCCCC#N)n2ncnc2n1. The van der Waals surface area contributed by atoms with E-state index in [1.54, 1.807) is 4.52 Å². The van der Waals surface area contributed by atoms with Crippen LogP contribution in [0.3, 0.4) is 0 Å². The number of rotatable bonds is 5. The number of fused-ring (bicyclic) bond motifs is 1. The van der Waals surface area contributed by atoms with E-state index in [0.717, 1.165) is 30.9 Å². The molecular weight excluding hydrogens is 216 g/mol. The lowest BCUT2D eigenvalue weighted by atomic mass is 10.2. The van der Waals surface area contributed by atoms with Gasteiger partial charge in [-0.25, -0.2) is 4.98 Å².